The maximum absolute atomic E-state index is 10.7. The van der Waals surface area contributed by atoms with E-state index in [-0.39, 0.29) is 5.69 Å². The number of nitro groups is 1. The van der Waals surface area contributed by atoms with Gasteiger partial charge in [-0.2, -0.15) is 0 Å². The lowest BCUT2D eigenvalue weighted by Gasteiger charge is -2.08. The Morgan fingerprint density at radius 3 is 2.38 bits per heavy atom. The zero-order valence-corrected chi connectivity index (χ0v) is 14.6. The van der Waals surface area contributed by atoms with Crippen molar-refractivity contribution in [3.8, 4) is 0 Å². The van der Waals surface area contributed by atoms with E-state index in [2.05, 4.69) is 35.9 Å². The van der Waals surface area contributed by atoms with Crippen LogP contribution in [0.1, 0.15) is 22.4 Å². The van der Waals surface area contributed by atoms with E-state index in [0.29, 0.717) is 5.75 Å². The van der Waals surface area contributed by atoms with Crippen molar-refractivity contribution in [1.82, 2.24) is 9.97 Å². The molecule has 0 saturated heterocycles. The van der Waals surface area contributed by atoms with Gasteiger partial charge in [0, 0.05) is 29.0 Å². The number of nitrogens with zero attached hydrogens (tertiary/aromatic N) is 3. The Kier molecular flexibility index (Phi) is 4.49. The Morgan fingerprint density at radius 1 is 1.04 bits per heavy atom. The molecule has 0 radical (unpaired) electrons. The van der Waals surface area contributed by atoms with Crippen molar-refractivity contribution in [1.29, 1.82) is 0 Å². The van der Waals surface area contributed by atoms with Crippen LogP contribution in [-0.4, -0.2) is 14.9 Å². The van der Waals surface area contributed by atoms with Gasteiger partial charge < -0.3 is 0 Å². The smallest absolute Gasteiger partial charge is 0.258 e. The molecule has 24 heavy (non-hydrogen) atoms. The quantitative estimate of drug-likeness (QED) is 0.297. The van der Waals surface area contributed by atoms with Gasteiger partial charge in [0.05, 0.1) is 10.4 Å². The van der Waals surface area contributed by atoms with Gasteiger partial charge >= 0.3 is 0 Å². The first-order chi connectivity index (χ1) is 11.4. The maximum atomic E-state index is 10.7. The van der Waals surface area contributed by atoms with Crippen molar-refractivity contribution in [2.24, 2.45) is 0 Å². The molecule has 0 atom stereocenters. The van der Waals surface area contributed by atoms with E-state index in [1.54, 1.807) is 12.1 Å². The molecule has 0 fully saturated rings. The fourth-order valence-electron chi connectivity index (χ4n) is 2.44. The van der Waals surface area contributed by atoms with Crippen LogP contribution >= 0.6 is 11.8 Å². The summed E-state index contributed by atoms with van der Waals surface area (Å²) in [5, 5.41) is 12.5. The van der Waals surface area contributed by atoms with E-state index in [9.17, 15) is 10.1 Å². The lowest BCUT2D eigenvalue weighted by Crippen LogP contribution is -1.95. The van der Waals surface area contributed by atoms with Crippen LogP contribution in [0.3, 0.4) is 0 Å². The van der Waals surface area contributed by atoms with Crippen LogP contribution in [0, 0.1) is 30.9 Å². The topological polar surface area (TPSA) is 68.9 Å². The molecular formula is C18H17N3O2S. The standard InChI is InChI=1S/C18H17N3O2S/c1-11-8-16-13(3)19-18(20-17(16)9-12(11)2)24-10-14-4-6-15(7-5-14)21(22)23/h4-9H,10H2,1-3H3. The summed E-state index contributed by atoms with van der Waals surface area (Å²) < 4.78 is 0. The summed E-state index contributed by atoms with van der Waals surface area (Å²) in [5.74, 6) is 0.674. The molecule has 2 aromatic carbocycles. The van der Waals surface area contributed by atoms with Crippen molar-refractivity contribution in [2.45, 2.75) is 31.7 Å². The van der Waals surface area contributed by atoms with Gasteiger partial charge in [-0.1, -0.05) is 23.9 Å². The van der Waals surface area contributed by atoms with Gasteiger partial charge in [0.2, 0.25) is 0 Å². The molecule has 0 amide bonds. The van der Waals surface area contributed by atoms with E-state index < -0.39 is 4.92 Å². The minimum Gasteiger partial charge on any atom is -0.258 e. The van der Waals surface area contributed by atoms with Crippen LogP contribution in [0.5, 0.6) is 0 Å². The Balaban J connectivity index is 1.82. The second-order valence-electron chi connectivity index (χ2n) is 5.76. The number of nitro benzene ring substituents is 1. The average Bonchev–Trinajstić information content (AvgIpc) is 2.55. The van der Waals surface area contributed by atoms with Gasteiger partial charge in [-0.25, -0.2) is 9.97 Å². The van der Waals surface area contributed by atoms with E-state index in [0.717, 1.165) is 27.3 Å². The molecule has 0 unspecified atom stereocenters. The van der Waals surface area contributed by atoms with Crippen LogP contribution < -0.4 is 0 Å². The number of non-ortho nitro benzene ring substituents is 1. The van der Waals surface area contributed by atoms with Gasteiger partial charge in [0.1, 0.15) is 0 Å². The third-order valence-electron chi connectivity index (χ3n) is 4.00. The Hall–Kier alpha value is -2.47. The largest absolute Gasteiger partial charge is 0.269 e. The second kappa shape index (κ2) is 6.57. The van der Waals surface area contributed by atoms with E-state index in [1.807, 2.05) is 6.92 Å². The normalized spacial score (nSPS) is 11.0. The first-order valence-electron chi connectivity index (χ1n) is 7.56. The fourth-order valence-corrected chi connectivity index (χ4v) is 3.29. The summed E-state index contributed by atoms with van der Waals surface area (Å²) in [4.78, 5) is 19.5. The summed E-state index contributed by atoms with van der Waals surface area (Å²) in [7, 11) is 0. The highest BCUT2D eigenvalue weighted by Gasteiger charge is 2.08. The van der Waals surface area contributed by atoms with Crippen molar-refractivity contribution in [3.63, 3.8) is 0 Å². The number of aromatic nitrogens is 2. The lowest BCUT2D eigenvalue weighted by molar-refractivity contribution is -0.384. The summed E-state index contributed by atoms with van der Waals surface area (Å²) in [5.41, 5.74) is 5.48. The molecule has 1 heterocycles. The summed E-state index contributed by atoms with van der Waals surface area (Å²) in [6.45, 7) is 6.16. The molecule has 6 heteroatoms. The van der Waals surface area contributed by atoms with Gasteiger partial charge in [-0.3, -0.25) is 10.1 Å². The molecule has 1 aromatic heterocycles. The van der Waals surface area contributed by atoms with Gasteiger partial charge in [-0.05, 0) is 49.6 Å². The minimum atomic E-state index is -0.392. The van der Waals surface area contributed by atoms with Crippen molar-refractivity contribution >= 4 is 28.4 Å². The van der Waals surface area contributed by atoms with Gasteiger partial charge in [0.15, 0.2) is 5.16 Å². The molecule has 0 aliphatic rings. The first kappa shape index (κ1) is 16.4. The molecular weight excluding hydrogens is 322 g/mol. The van der Waals surface area contributed by atoms with E-state index in [4.69, 9.17) is 0 Å². The highest BCUT2D eigenvalue weighted by Crippen LogP contribution is 2.26. The number of hydrogen-bond acceptors (Lipinski definition) is 5. The Morgan fingerprint density at radius 2 is 1.71 bits per heavy atom. The molecule has 0 spiro atoms. The summed E-state index contributed by atoms with van der Waals surface area (Å²) >= 11 is 1.53. The fraction of sp³-hybridized carbons (Fsp3) is 0.222. The maximum Gasteiger partial charge on any atom is 0.269 e. The van der Waals surface area contributed by atoms with Crippen LogP contribution in [0.15, 0.2) is 41.6 Å². The Labute approximate surface area is 144 Å². The molecule has 3 rings (SSSR count). The van der Waals surface area contributed by atoms with Crippen molar-refractivity contribution < 1.29 is 4.92 Å². The number of hydrogen-bond donors (Lipinski definition) is 0. The van der Waals surface area contributed by atoms with Crippen LogP contribution in [0.25, 0.3) is 10.9 Å². The number of aryl methyl sites for hydroxylation is 3. The van der Waals surface area contributed by atoms with Crippen molar-refractivity contribution in [2.75, 3.05) is 0 Å². The molecule has 0 N–H and O–H groups in total. The number of benzene rings is 2. The second-order valence-corrected chi connectivity index (χ2v) is 6.70. The zero-order chi connectivity index (χ0) is 17.3. The summed E-state index contributed by atoms with van der Waals surface area (Å²) in [6, 6.07) is 10.8. The number of fused-ring (bicyclic) bond motifs is 1. The molecule has 0 aliphatic heterocycles. The Bertz CT molecular complexity index is 924. The van der Waals surface area contributed by atoms with Crippen LogP contribution in [0.4, 0.5) is 5.69 Å². The third-order valence-corrected chi connectivity index (χ3v) is 4.91. The highest BCUT2D eigenvalue weighted by molar-refractivity contribution is 7.98. The predicted molar refractivity (Wildman–Crippen MR) is 96.4 cm³/mol. The zero-order valence-electron chi connectivity index (χ0n) is 13.7. The van der Waals surface area contributed by atoms with Crippen molar-refractivity contribution in [3.05, 3.63) is 68.9 Å². The molecule has 0 saturated carbocycles. The molecule has 5 nitrogen and oxygen atoms in total. The predicted octanol–water partition coefficient (Wildman–Crippen LogP) is 4.76. The molecule has 0 bridgehead atoms. The van der Waals surface area contributed by atoms with Crippen LogP contribution in [-0.2, 0) is 5.75 Å². The molecule has 3 aromatic rings. The van der Waals surface area contributed by atoms with Crippen LogP contribution in [0.2, 0.25) is 0 Å². The molecule has 0 aliphatic carbocycles. The van der Waals surface area contributed by atoms with E-state index >= 15 is 0 Å². The van der Waals surface area contributed by atoms with E-state index in [1.165, 1.54) is 35.0 Å². The monoisotopic (exact) mass is 339 g/mol. The minimum absolute atomic E-state index is 0.104. The lowest BCUT2D eigenvalue weighted by atomic mass is 10.1. The first-order valence-corrected chi connectivity index (χ1v) is 8.54. The SMILES string of the molecule is Cc1cc2nc(SCc3ccc([N+](=O)[O-])cc3)nc(C)c2cc1C. The molecule has 122 valence electrons. The van der Waals surface area contributed by atoms with Gasteiger partial charge in [0.25, 0.3) is 5.69 Å². The average molecular weight is 339 g/mol. The third kappa shape index (κ3) is 3.38. The number of thioether (sulfide) groups is 1. The van der Waals surface area contributed by atoms with Gasteiger partial charge in [-0.15, -0.1) is 0 Å². The summed E-state index contributed by atoms with van der Waals surface area (Å²) in [6.07, 6.45) is 0. The highest BCUT2D eigenvalue weighted by atomic mass is 32.2. The number of rotatable bonds is 4.